The van der Waals surface area contributed by atoms with E-state index in [0.717, 1.165) is 22.0 Å². The molecule has 3 rings (SSSR count). The molecule has 126 valence electrons. The minimum Gasteiger partial charge on any atom is -0.493 e. The van der Waals surface area contributed by atoms with Crippen LogP contribution in [0, 0.1) is 6.92 Å². The fourth-order valence-electron chi connectivity index (χ4n) is 2.58. The Labute approximate surface area is 143 Å². The minimum atomic E-state index is -0.0468. The zero-order valence-corrected chi connectivity index (χ0v) is 14.9. The van der Waals surface area contributed by atoms with Crippen LogP contribution in [-0.2, 0) is 6.54 Å². The first kappa shape index (κ1) is 16.3. The molecule has 7 heteroatoms. The second-order valence-electron chi connectivity index (χ2n) is 5.48. The number of ether oxygens (including phenoxy) is 2. The quantitative estimate of drug-likeness (QED) is 0.712. The van der Waals surface area contributed by atoms with Gasteiger partial charge in [0.05, 0.1) is 26.5 Å². The van der Waals surface area contributed by atoms with Gasteiger partial charge in [0.15, 0.2) is 16.5 Å². The molecule has 24 heavy (non-hydrogen) atoms. The third-order valence-corrected chi connectivity index (χ3v) is 4.78. The summed E-state index contributed by atoms with van der Waals surface area (Å²) in [5, 5.41) is 1.94. The van der Waals surface area contributed by atoms with Gasteiger partial charge in [0.25, 0.3) is 5.56 Å². The summed E-state index contributed by atoms with van der Waals surface area (Å²) in [4.78, 5) is 19.6. The maximum atomic E-state index is 12.3. The maximum absolute atomic E-state index is 12.3. The summed E-state index contributed by atoms with van der Waals surface area (Å²) >= 11 is 1.47. The highest BCUT2D eigenvalue weighted by molar-refractivity contribution is 7.15. The SMILES string of the molecule is COc1ccc(N(C)Cc2cc(=O)n3c(C)csc3n2)cc1OC. The molecule has 0 saturated heterocycles. The van der Waals surface area contributed by atoms with Crippen LogP contribution in [-0.4, -0.2) is 30.7 Å². The second kappa shape index (κ2) is 6.52. The van der Waals surface area contributed by atoms with Crippen molar-refractivity contribution in [3.8, 4) is 11.5 Å². The fourth-order valence-corrected chi connectivity index (χ4v) is 3.47. The first-order chi connectivity index (χ1) is 11.5. The van der Waals surface area contributed by atoms with Crippen LogP contribution >= 0.6 is 11.3 Å². The van der Waals surface area contributed by atoms with Crippen molar-refractivity contribution in [1.29, 1.82) is 0 Å². The Bertz CT molecular complexity index is 932. The average Bonchev–Trinajstić information content (AvgIpc) is 2.95. The molecule has 2 heterocycles. The van der Waals surface area contributed by atoms with Crippen LogP contribution in [0.25, 0.3) is 4.96 Å². The van der Waals surface area contributed by atoms with Crippen molar-refractivity contribution in [3.05, 3.63) is 51.4 Å². The van der Waals surface area contributed by atoms with Crippen molar-refractivity contribution >= 4 is 22.0 Å². The summed E-state index contributed by atoms with van der Waals surface area (Å²) < 4.78 is 12.2. The van der Waals surface area contributed by atoms with E-state index >= 15 is 0 Å². The number of anilines is 1. The molecule has 0 atom stereocenters. The summed E-state index contributed by atoms with van der Waals surface area (Å²) in [5.74, 6) is 1.35. The van der Waals surface area contributed by atoms with E-state index < -0.39 is 0 Å². The molecule has 6 nitrogen and oxygen atoms in total. The molecular weight excluding hydrogens is 326 g/mol. The average molecular weight is 345 g/mol. The van der Waals surface area contributed by atoms with E-state index in [1.165, 1.54) is 11.3 Å². The topological polar surface area (TPSA) is 56.1 Å². The van der Waals surface area contributed by atoms with E-state index in [0.29, 0.717) is 18.0 Å². The molecule has 0 aliphatic carbocycles. The Morgan fingerprint density at radius 2 is 1.96 bits per heavy atom. The number of benzene rings is 1. The van der Waals surface area contributed by atoms with Crippen LogP contribution in [0.1, 0.15) is 11.4 Å². The highest BCUT2D eigenvalue weighted by Gasteiger charge is 2.11. The molecule has 3 aromatic rings. The van der Waals surface area contributed by atoms with Gasteiger partial charge >= 0.3 is 0 Å². The van der Waals surface area contributed by atoms with E-state index in [9.17, 15) is 4.79 Å². The molecule has 0 N–H and O–H groups in total. The summed E-state index contributed by atoms with van der Waals surface area (Å²) in [6.45, 7) is 2.43. The molecule has 0 aliphatic rings. The smallest absolute Gasteiger partial charge is 0.259 e. The van der Waals surface area contributed by atoms with Crippen LogP contribution in [0.5, 0.6) is 11.5 Å². The van der Waals surface area contributed by atoms with Crippen molar-refractivity contribution in [2.75, 3.05) is 26.2 Å². The van der Waals surface area contributed by atoms with E-state index in [4.69, 9.17) is 9.47 Å². The molecule has 0 spiro atoms. The van der Waals surface area contributed by atoms with Crippen molar-refractivity contribution in [3.63, 3.8) is 0 Å². The van der Waals surface area contributed by atoms with Gasteiger partial charge in [0.1, 0.15) is 0 Å². The number of rotatable bonds is 5. The molecule has 0 fully saturated rings. The molecule has 0 saturated carbocycles. The number of hydrogen-bond acceptors (Lipinski definition) is 6. The molecule has 0 aliphatic heterocycles. The molecule has 0 amide bonds. The van der Waals surface area contributed by atoms with Crippen LogP contribution in [0.2, 0.25) is 0 Å². The Hall–Kier alpha value is -2.54. The van der Waals surface area contributed by atoms with Gasteiger partial charge in [-0.3, -0.25) is 9.20 Å². The second-order valence-corrected chi connectivity index (χ2v) is 6.31. The predicted molar refractivity (Wildman–Crippen MR) is 95.7 cm³/mol. The summed E-state index contributed by atoms with van der Waals surface area (Å²) in [5.41, 5.74) is 2.55. The third kappa shape index (κ3) is 2.94. The van der Waals surface area contributed by atoms with E-state index in [-0.39, 0.29) is 5.56 Å². The van der Waals surface area contributed by atoms with Crippen LogP contribution in [0.15, 0.2) is 34.4 Å². The monoisotopic (exact) mass is 345 g/mol. The Kier molecular flexibility index (Phi) is 4.44. The largest absolute Gasteiger partial charge is 0.493 e. The zero-order chi connectivity index (χ0) is 17.3. The fraction of sp³-hybridized carbons (Fsp3) is 0.294. The van der Waals surface area contributed by atoms with Crippen LogP contribution in [0.4, 0.5) is 5.69 Å². The van der Waals surface area contributed by atoms with Crippen molar-refractivity contribution < 1.29 is 9.47 Å². The lowest BCUT2D eigenvalue weighted by molar-refractivity contribution is 0.355. The van der Waals surface area contributed by atoms with Crippen molar-refractivity contribution in [1.82, 2.24) is 9.38 Å². The van der Waals surface area contributed by atoms with Gasteiger partial charge in [-0.15, -0.1) is 11.3 Å². The Morgan fingerprint density at radius 3 is 2.67 bits per heavy atom. The highest BCUT2D eigenvalue weighted by atomic mass is 32.1. The van der Waals surface area contributed by atoms with Gasteiger partial charge in [0.2, 0.25) is 0 Å². The summed E-state index contributed by atoms with van der Waals surface area (Å²) in [6.07, 6.45) is 0. The molecule has 1 aromatic carbocycles. The molecule has 0 unspecified atom stereocenters. The first-order valence-corrected chi connectivity index (χ1v) is 8.31. The first-order valence-electron chi connectivity index (χ1n) is 7.43. The highest BCUT2D eigenvalue weighted by Crippen LogP contribution is 2.31. The van der Waals surface area contributed by atoms with E-state index in [2.05, 4.69) is 4.98 Å². The van der Waals surface area contributed by atoms with Gasteiger partial charge in [-0.25, -0.2) is 4.98 Å². The molecule has 0 bridgehead atoms. The van der Waals surface area contributed by atoms with Crippen molar-refractivity contribution in [2.24, 2.45) is 0 Å². The summed E-state index contributed by atoms with van der Waals surface area (Å²) in [6, 6.07) is 7.30. The number of methoxy groups -OCH3 is 2. The van der Waals surface area contributed by atoms with Gasteiger partial charge in [0, 0.05) is 35.9 Å². The summed E-state index contributed by atoms with van der Waals surface area (Å²) in [7, 11) is 5.17. The lowest BCUT2D eigenvalue weighted by Gasteiger charge is -2.20. The molecular formula is C17H19N3O3S. The number of fused-ring (bicyclic) bond motifs is 1. The minimum absolute atomic E-state index is 0.0468. The Morgan fingerprint density at radius 1 is 1.21 bits per heavy atom. The van der Waals surface area contributed by atoms with E-state index in [1.807, 2.05) is 42.5 Å². The lowest BCUT2D eigenvalue weighted by Crippen LogP contribution is -2.21. The number of aromatic nitrogens is 2. The number of nitrogens with zero attached hydrogens (tertiary/aromatic N) is 3. The normalized spacial score (nSPS) is 10.8. The van der Waals surface area contributed by atoms with Crippen LogP contribution < -0.4 is 19.9 Å². The van der Waals surface area contributed by atoms with Crippen LogP contribution in [0.3, 0.4) is 0 Å². The van der Waals surface area contributed by atoms with Gasteiger partial charge < -0.3 is 14.4 Å². The number of hydrogen-bond donors (Lipinski definition) is 0. The lowest BCUT2D eigenvalue weighted by atomic mass is 10.2. The maximum Gasteiger partial charge on any atom is 0.259 e. The van der Waals surface area contributed by atoms with Gasteiger partial charge in [-0.1, -0.05) is 0 Å². The Balaban J connectivity index is 1.89. The van der Waals surface area contributed by atoms with Gasteiger partial charge in [-0.05, 0) is 19.1 Å². The van der Waals surface area contributed by atoms with E-state index in [1.54, 1.807) is 24.7 Å². The third-order valence-electron chi connectivity index (χ3n) is 3.84. The van der Waals surface area contributed by atoms with Gasteiger partial charge in [-0.2, -0.15) is 0 Å². The standard InChI is InChI=1S/C17H19N3O3S/c1-11-10-24-17-18-12(7-16(21)20(11)17)9-19(2)13-5-6-14(22-3)15(8-13)23-4/h5-8,10H,9H2,1-4H3. The van der Waals surface area contributed by atoms with Crippen molar-refractivity contribution in [2.45, 2.75) is 13.5 Å². The molecule has 2 aromatic heterocycles. The molecule has 0 radical (unpaired) electrons. The predicted octanol–water partition coefficient (Wildman–Crippen LogP) is 2.72. The number of thiazole rings is 1. The number of aryl methyl sites for hydroxylation is 1. The zero-order valence-electron chi connectivity index (χ0n) is 14.1.